The molecule has 0 bridgehead atoms. The van der Waals surface area contributed by atoms with Crippen LogP contribution in [-0.2, 0) is 22.5 Å². The summed E-state index contributed by atoms with van der Waals surface area (Å²) in [6.45, 7) is 1.10. The number of amides is 2. The third-order valence-corrected chi connectivity index (χ3v) is 7.93. The van der Waals surface area contributed by atoms with Gasteiger partial charge in [-0.1, -0.05) is 41.9 Å². The van der Waals surface area contributed by atoms with E-state index in [2.05, 4.69) is 10.3 Å². The predicted octanol–water partition coefficient (Wildman–Crippen LogP) is 4.54. The van der Waals surface area contributed by atoms with Gasteiger partial charge in [-0.3, -0.25) is 19.4 Å². The molecule has 5 aromatic rings. The molecule has 1 saturated heterocycles. The van der Waals surface area contributed by atoms with E-state index in [-0.39, 0.29) is 17.4 Å². The number of hydrogen-bond acceptors (Lipinski definition) is 6. The van der Waals surface area contributed by atoms with Gasteiger partial charge in [0.1, 0.15) is 5.69 Å². The number of ether oxygens (including phenoxy) is 1. The second kappa shape index (κ2) is 12.8. The minimum atomic E-state index is -1.21. The number of nitrogens with one attached hydrogen (secondary N) is 1. The summed E-state index contributed by atoms with van der Waals surface area (Å²) in [4.78, 5) is 42.4. The molecule has 0 spiro atoms. The van der Waals surface area contributed by atoms with E-state index in [1.165, 1.54) is 12.3 Å². The highest BCUT2D eigenvalue weighted by Gasteiger charge is 2.29. The first-order valence-corrected chi connectivity index (χ1v) is 14.8. The molecule has 1 aliphatic rings. The van der Waals surface area contributed by atoms with E-state index in [0.717, 1.165) is 41.5 Å². The lowest BCUT2D eigenvalue weighted by molar-refractivity contribution is -0.120. The molecule has 11 heteroatoms. The quantitative estimate of drug-likeness (QED) is 0.252. The number of aromatic nitrogens is 4. The molecular weight excluding hydrogens is 580 g/mol. The van der Waals surface area contributed by atoms with Gasteiger partial charge in [0.15, 0.2) is 12.3 Å². The maximum Gasteiger partial charge on any atom is 0.253 e. The number of carbonyl (C=O) groups is 2. The number of nitrogens with two attached hydrogens (primary N) is 1. The highest BCUT2D eigenvalue weighted by Crippen LogP contribution is 2.32. The van der Waals surface area contributed by atoms with E-state index in [0.29, 0.717) is 35.7 Å². The van der Waals surface area contributed by atoms with Crippen LogP contribution in [0.25, 0.3) is 10.9 Å². The van der Waals surface area contributed by atoms with E-state index in [1.807, 2.05) is 36.4 Å². The fourth-order valence-corrected chi connectivity index (χ4v) is 5.64. The van der Waals surface area contributed by atoms with Gasteiger partial charge in [-0.05, 0) is 72.7 Å². The van der Waals surface area contributed by atoms with E-state index in [4.69, 9.17) is 27.2 Å². The van der Waals surface area contributed by atoms with E-state index in [9.17, 15) is 14.4 Å². The molecule has 2 unspecified atom stereocenters. The summed E-state index contributed by atoms with van der Waals surface area (Å²) in [5, 5.41) is 8.56. The number of carbonyl (C=O) groups excluding carboxylic acids is 2. The Labute approximate surface area is 258 Å². The number of benzene rings is 2. The van der Waals surface area contributed by atoms with Gasteiger partial charge in [-0.25, -0.2) is 4.68 Å². The SMILES string of the molecule is NC(=O)C(NC(=O)c1cncc(Cc2ccc(Cn3ccccc3=O)cc2)c1)c1nn(C2CCCCO2)c2ccc(Cl)cc12. The van der Waals surface area contributed by atoms with Gasteiger partial charge in [0, 0.05) is 41.7 Å². The minimum Gasteiger partial charge on any atom is -0.368 e. The van der Waals surface area contributed by atoms with Crippen molar-refractivity contribution < 1.29 is 14.3 Å². The second-order valence-electron chi connectivity index (χ2n) is 10.9. The molecule has 4 heterocycles. The van der Waals surface area contributed by atoms with Crippen LogP contribution in [0.2, 0.25) is 5.02 Å². The summed E-state index contributed by atoms with van der Waals surface area (Å²) in [7, 11) is 0. The Morgan fingerprint density at radius 3 is 2.59 bits per heavy atom. The van der Waals surface area contributed by atoms with Crippen molar-refractivity contribution in [3.05, 3.63) is 129 Å². The zero-order chi connectivity index (χ0) is 30.6. The number of fused-ring (bicyclic) bond motifs is 1. The molecule has 0 aliphatic carbocycles. The fraction of sp³-hybridized carbons (Fsp3) is 0.242. The van der Waals surface area contributed by atoms with Crippen LogP contribution >= 0.6 is 11.6 Å². The molecule has 1 fully saturated rings. The number of nitrogens with zero attached hydrogens (tertiary/aromatic N) is 4. The van der Waals surface area contributed by atoms with Crippen LogP contribution in [-0.4, -0.2) is 37.8 Å². The second-order valence-corrected chi connectivity index (χ2v) is 11.3. The molecule has 0 saturated carbocycles. The molecular formula is C33H31ClN6O4. The molecule has 0 radical (unpaired) electrons. The summed E-state index contributed by atoms with van der Waals surface area (Å²) < 4.78 is 9.34. The Hall–Kier alpha value is -4.80. The summed E-state index contributed by atoms with van der Waals surface area (Å²) in [5.41, 5.74) is 9.91. The van der Waals surface area contributed by atoms with Gasteiger partial charge in [-0.2, -0.15) is 5.10 Å². The Kier molecular flexibility index (Phi) is 8.53. The van der Waals surface area contributed by atoms with Gasteiger partial charge < -0.3 is 20.4 Å². The van der Waals surface area contributed by atoms with Gasteiger partial charge >= 0.3 is 0 Å². The topological polar surface area (TPSA) is 134 Å². The average Bonchev–Trinajstić information content (AvgIpc) is 3.40. The van der Waals surface area contributed by atoms with Crippen molar-refractivity contribution >= 4 is 34.3 Å². The summed E-state index contributed by atoms with van der Waals surface area (Å²) in [6, 6.07) is 18.8. The lowest BCUT2D eigenvalue weighted by Gasteiger charge is -2.23. The van der Waals surface area contributed by atoms with Crippen molar-refractivity contribution in [3.63, 3.8) is 0 Å². The lowest BCUT2D eigenvalue weighted by atomic mass is 10.0. The van der Waals surface area contributed by atoms with Crippen molar-refractivity contribution in [2.75, 3.05) is 6.61 Å². The van der Waals surface area contributed by atoms with Gasteiger partial charge in [-0.15, -0.1) is 0 Å². The maximum absolute atomic E-state index is 13.4. The van der Waals surface area contributed by atoms with Crippen molar-refractivity contribution in [1.82, 2.24) is 24.6 Å². The first-order chi connectivity index (χ1) is 21.4. The van der Waals surface area contributed by atoms with Gasteiger partial charge in [0.05, 0.1) is 17.6 Å². The van der Waals surface area contributed by atoms with Gasteiger partial charge in [0.2, 0.25) is 5.91 Å². The van der Waals surface area contributed by atoms with E-state index < -0.39 is 17.9 Å². The molecule has 6 rings (SSSR count). The fourth-order valence-electron chi connectivity index (χ4n) is 5.47. The number of rotatable bonds is 9. The normalized spacial score (nSPS) is 15.6. The Morgan fingerprint density at radius 2 is 1.84 bits per heavy atom. The summed E-state index contributed by atoms with van der Waals surface area (Å²) >= 11 is 6.31. The van der Waals surface area contributed by atoms with E-state index >= 15 is 0 Å². The Morgan fingerprint density at radius 1 is 1.02 bits per heavy atom. The van der Waals surface area contributed by atoms with Crippen LogP contribution < -0.4 is 16.6 Å². The first kappa shape index (κ1) is 29.3. The zero-order valence-electron chi connectivity index (χ0n) is 23.9. The van der Waals surface area contributed by atoms with Crippen LogP contribution in [0.4, 0.5) is 0 Å². The highest BCUT2D eigenvalue weighted by atomic mass is 35.5. The third kappa shape index (κ3) is 6.41. The van der Waals surface area contributed by atoms with Crippen molar-refractivity contribution in [2.24, 2.45) is 5.73 Å². The monoisotopic (exact) mass is 610 g/mol. The van der Waals surface area contributed by atoms with Crippen molar-refractivity contribution in [1.29, 1.82) is 0 Å². The maximum atomic E-state index is 13.4. The standard InChI is InChI=1S/C33H31ClN6O4/c34-25-11-12-27-26(17-25)30(38-40(27)29-6-2-4-14-44-29)31(32(35)42)37-33(43)24-16-23(18-36-19-24)15-21-7-9-22(10-8-21)20-39-13-3-1-5-28(39)41/h1,3,5,7-13,16-19,29,31H,2,4,6,14-15,20H2,(H2,35,42)(H,37,43). The lowest BCUT2D eigenvalue weighted by Crippen LogP contribution is -2.38. The first-order valence-electron chi connectivity index (χ1n) is 14.4. The minimum absolute atomic E-state index is 0.0557. The van der Waals surface area contributed by atoms with Crippen LogP contribution in [0.15, 0.2) is 90.1 Å². The average molecular weight is 611 g/mol. The highest BCUT2D eigenvalue weighted by molar-refractivity contribution is 6.31. The molecule has 2 amide bonds. The van der Waals surface area contributed by atoms with Crippen molar-refractivity contribution in [2.45, 2.75) is 44.5 Å². The number of halogens is 1. The van der Waals surface area contributed by atoms with Crippen LogP contribution in [0.5, 0.6) is 0 Å². The molecule has 3 aromatic heterocycles. The smallest absolute Gasteiger partial charge is 0.253 e. The van der Waals surface area contributed by atoms with Crippen LogP contribution in [0.3, 0.4) is 0 Å². The van der Waals surface area contributed by atoms with E-state index in [1.54, 1.807) is 45.9 Å². The Bertz CT molecular complexity index is 1880. The summed E-state index contributed by atoms with van der Waals surface area (Å²) in [5.74, 6) is -1.26. The Balaban J connectivity index is 1.20. The predicted molar refractivity (Wildman–Crippen MR) is 166 cm³/mol. The number of hydrogen-bond donors (Lipinski definition) is 2. The molecule has 2 atom stereocenters. The van der Waals surface area contributed by atoms with Crippen molar-refractivity contribution in [3.8, 4) is 0 Å². The number of primary amides is 1. The zero-order valence-corrected chi connectivity index (χ0v) is 24.6. The number of pyridine rings is 2. The third-order valence-electron chi connectivity index (χ3n) is 7.70. The molecule has 1 aliphatic heterocycles. The van der Waals surface area contributed by atoms with Crippen LogP contribution in [0.1, 0.15) is 64.3 Å². The largest absolute Gasteiger partial charge is 0.368 e. The molecule has 2 aromatic carbocycles. The molecule has 44 heavy (non-hydrogen) atoms. The van der Waals surface area contributed by atoms with Crippen LogP contribution in [0, 0.1) is 0 Å². The molecule has 3 N–H and O–H groups in total. The molecule has 224 valence electrons. The van der Waals surface area contributed by atoms with Gasteiger partial charge in [0.25, 0.3) is 11.5 Å². The molecule has 10 nitrogen and oxygen atoms in total. The summed E-state index contributed by atoms with van der Waals surface area (Å²) in [6.07, 6.45) is 7.89.